The smallest absolute Gasteiger partial charge is 0.256 e. The van der Waals surface area contributed by atoms with Crippen LogP contribution in [0.25, 0.3) is 0 Å². The van der Waals surface area contributed by atoms with Crippen LogP contribution >= 0.6 is 0 Å². The van der Waals surface area contributed by atoms with Crippen LogP contribution in [-0.4, -0.2) is 29.4 Å². The molecule has 0 radical (unpaired) electrons. The minimum absolute atomic E-state index is 0.0183. The number of carbonyl (C=O) groups is 1. The Kier molecular flexibility index (Phi) is 4.52. The maximum absolute atomic E-state index is 14.0. The van der Waals surface area contributed by atoms with E-state index in [1.54, 1.807) is 26.4 Å². The van der Waals surface area contributed by atoms with Gasteiger partial charge in [-0.05, 0) is 48.7 Å². The van der Waals surface area contributed by atoms with Crippen LogP contribution in [0.15, 0.2) is 36.7 Å². The van der Waals surface area contributed by atoms with Gasteiger partial charge in [-0.15, -0.1) is 0 Å². The van der Waals surface area contributed by atoms with Crippen LogP contribution in [0.5, 0.6) is 0 Å². The van der Waals surface area contributed by atoms with Crippen LogP contribution in [-0.2, 0) is 6.42 Å². The Balaban J connectivity index is 2.09. The number of nitrogen functional groups attached to an aromatic ring is 1. The Hall–Kier alpha value is -2.43. The van der Waals surface area contributed by atoms with Crippen molar-refractivity contribution in [2.24, 2.45) is 0 Å². The van der Waals surface area contributed by atoms with Crippen LogP contribution in [0, 0.1) is 12.7 Å². The number of hydrogen-bond donors (Lipinski definition) is 1. The number of pyridine rings is 1. The largest absolute Gasteiger partial charge is 0.399 e. The van der Waals surface area contributed by atoms with Gasteiger partial charge in [0.05, 0.1) is 5.56 Å². The Morgan fingerprint density at radius 2 is 2.00 bits per heavy atom. The van der Waals surface area contributed by atoms with E-state index in [1.807, 2.05) is 12.1 Å². The third kappa shape index (κ3) is 3.56. The fourth-order valence-corrected chi connectivity index (χ4v) is 2.11. The lowest BCUT2D eigenvalue weighted by Gasteiger charge is -2.18. The van der Waals surface area contributed by atoms with Crippen LogP contribution in [0.4, 0.5) is 10.1 Å². The molecule has 2 N–H and O–H groups in total. The Morgan fingerprint density at radius 3 is 2.67 bits per heavy atom. The van der Waals surface area contributed by atoms with Crippen molar-refractivity contribution in [3.63, 3.8) is 0 Å². The lowest BCUT2D eigenvalue weighted by Crippen LogP contribution is -2.29. The zero-order valence-electron chi connectivity index (χ0n) is 12.1. The van der Waals surface area contributed by atoms with E-state index in [-0.39, 0.29) is 11.5 Å². The molecule has 2 aromatic rings. The number of likely N-dealkylation sites (N-methyl/N-ethyl adjacent to an activating group) is 1. The highest BCUT2D eigenvalue weighted by atomic mass is 19.1. The van der Waals surface area contributed by atoms with E-state index in [4.69, 9.17) is 5.73 Å². The fraction of sp³-hybridized carbons (Fsp3) is 0.250. The first-order valence-corrected chi connectivity index (χ1v) is 6.69. The normalized spacial score (nSPS) is 10.4. The molecule has 0 spiro atoms. The number of benzene rings is 1. The summed E-state index contributed by atoms with van der Waals surface area (Å²) in [5.41, 5.74) is 7.55. The molecule has 0 saturated carbocycles. The molecule has 4 nitrogen and oxygen atoms in total. The molecule has 1 aromatic carbocycles. The molecule has 0 bridgehead atoms. The number of carbonyl (C=O) groups excluding carboxylic acids is 1. The number of amides is 1. The molecule has 2 rings (SSSR count). The second kappa shape index (κ2) is 6.35. The summed E-state index contributed by atoms with van der Waals surface area (Å²) >= 11 is 0. The molecule has 0 aliphatic carbocycles. The maximum Gasteiger partial charge on any atom is 0.256 e. The van der Waals surface area contributed by atoms with E-state index in [1.165, 1.54) is 17.0 Å². The van der Waals surface area contributed by atoms with E-state index in [2.05, 4.69) is 4.98 Å². The molecule has 0 aliphatic rings. The summed E-state index contributed by atoms with van der Waals surface area (Å²) < 4.78 is 14.0. The van der Waals surface area contributed by atoms with E-state index in [0.29, 0.717) is 24.2 Å². The fourth-order valence-electron chi connectivity index (χ4n) is 2.11. The third-order valence-electron chi connectivity index (χ3n) is 3.34. The van der Waals surface area contributed by atoms with Crippen molar-refractivity contribution in [2.75, 3.05) is 19.3 Å². The predicted octanol–water partition coefficient (Wildman–Crippen LogP) is 2.43. The van der Waals surface area contributed by atoms with Gasteiger partial charge in [0.2, 0.25) is 0 Å². The predicted molar refractivity (Wildman–Crippen MR) is 80.5 cm³/mol. The zero-order valence-corrected chi connectivity index (χ0v) is 12.1. The number of nitrogens with two attached hydrogens (primary N) is 1. The van der Waals surface area contributed by atoms with E-state index < -0.39 is 5.82 Å². The van der Waals surface area contributed by atoms with Crippen molar-refractivity contribution < 1.29 is 9.18 Å². The quantitative estimate of drug-likeness (QED) is 0.879. The van der Waals surface area contributed by atoms with Crippen molar-refractivity contribution in [1.82, 2.24) is 9.88 Å². The molecule has 0 saturated heterocycles. The number of nitrogens with zero attached hydrogens (tertiary/aromatic N) is 2. The third-order valence-corrected chi connectivity index (χ3v) is 3.34. The summed E-state index contributed by atoms with van der Waals surface area (Å²) in [7, 11) is 1.65. The molecular weight excluding hydrogens is 269 g/mol. The maximum atomic E-state index is 14.0. The highest BCUT2D eigenvalue weighted by Crippen LogP contribution is 2.18. The average molecular weight is 287 g/mol. The van der Waals surface area contributed by atoms with Gasteiger partial charge in [0.15, 0.2) is 0 Å². The Bertz CT molecular complexity index is 643. The summed E-state index contributed by atoms with van der Waals surface area (Å²) in [5.74, 6) is -0.873. The van der Waals surface area contributed by atoms with Gasteiger partial charge in [-0.3, -0.25) is 9.78 Å². The average Bonchev–Trinajstić information content (AvgIpc) is 2.48. The summed E-state index contributed by atoms with van der Waals surface area (Å²) in [6.07, 6.45) is 4.10. The molecule has 5 heteroatoms. The standard InChI is InChI=1S/C16H18FN3O/c1-11-9-13(18)10-14(15(11)17)16(21)20(2)8-5-12-3-6-19-7-4-12/h3-4,6-7,9-10H,5,8,18H2,1-2H3. The second-order valence-electron chi connectivity index (χ2n) is 5.03. The van der Waals surface area contributed by atoms with Gasteiger partial charge < -0.3 is 10.6 Å². The molecule has 0 unspecified atom stereocenters. The van der Waals surface area contributed by atoms with Crippen LogP contribution in [0.1, 0.15) is 21.5 Å². The lowest BCUT2D eigenvalue weighted by atomic mass is 10.1. The molecule has 0 aliphatic heterocycles. The van der Waals surface area contributed by atoms with Gasteiger partial charge in [0, 0.05) is 31.7 Å². The molecule has 1 heterocycles. The van der Waals surface area contributed by atoms with Crippen molar-refractivity contribution in [3.8, 4) is 0 Å². The van der Waals surface area contributed by atoms with E-state index in [0.717, 1.165) is 5.56 Å². The van der Waals surface area contributed by atoms with Gasteiger partial charge >= 0.3 is 0 Å². The van der Waals surface area contributed by atoms with Gasteiger partial charge in [0.25, 0.3) is 5.91 Å². The molecule has 0 atom stereocenters. The monoisotopic (exact) mass is 287 g/mol. The van der Waals surface area contributed by atoms with Crippen molar-refractivity contribution in [3.05, 3.63) is 59.2 Å². The second-order valence-corrected chi connectivity index (χ2v) is 5.03. The molecule has 110 valence electrons. The molecule has 21 heavy (non-hydrogen) atoms. The minimum Gasteiger partial charge on any atom is -0.399 e. The highest BCUT2D eigenvalue weighted by Gasteiger charge is 2.18. The number of aromatic nitrogens is 1. The van der Waals surface area contributed by atoms with Crippen molar-refractivity contribution >= 4 is 11.6 Å². The first-order valence-electron chi connectivity index (χ1n) is 6.69. The van der Waals surface area contributed by atoms with Crippen molar-refractivity contribution in [1.29, 1.82) is 0 Å². The summed E-state index contributed by atoms with van der Waals surface area (Å²) in [4.78, 5) is 17.7. The lowest BCUT2D eigenvalue weighted by molar-refractivity contribution is 0.0792. The number of halogens is 1. The first-order chi connectivity index (χ1) is 9.99. The molecule has 0 fully saturated rings. The molecule has 1 amide bonds. The summed E-state index contributed by atoms with van der Waals surface area (Å²) in [5, 5.41) is 0. The number of anilines is 1. The topological polar surface area (TPSA) is 59.2 Å². The number of aryl methyl sites for hydroxylation is 1. The number of hydrogen-bond acceptors (Lipinski definition) is 3. The van der Waals surface area contributed by atoms with Gasteiger partial charge in [-0.1, -0.05) is 0 Å². The van der Waals surface area contributed by atoms with Crippen LogP contribution in [0.3, 0.4) is 0 Å². The highest BCUT2D eigenvalue weighted by molar-refractivity contribution is 5.95. The molecular formula is C16H18FN3O. The Morgan fingerprint density at radius 1 is 1.33 bits per heavy atom. The minimum atomic E-state index is -0.509. The van der Waals surface area contributed by atoms with Gasteiger partial charge in [0.1, 0.15) is 5.82 Å². The van der Waals surface area contributed by atoms with Gasteiger partial charge in [-0.25, -0.2) is 4.39 Å². The summed E-state index contributed by atoms with van der Waals surface area (Å²) in [6.45, 7) is 2.09. The molecule has 1 aromatic heterocycles. The van der Waals surface area contributed by atoms with Crippen molar-refractivity contribution in [2.45, 2.75) is 13.3 Å². The van der Waals surface area contributed by atoms with Crippen LogP contribution < -0.4 is 5.73 Å². The Labute approximate surface area is 123 Å². The SMILES string of the molecule is Cc1cc(N)cc(C(=O)N(C)CCc2ccncc2)c1F. The van der Waals surface area contributed by atoms with E-state index >= 15 is 0 Å². The first kappa shape index (κ1) is 15.0. The zero-order chi connectivity index (χ0) is 15.4. The van der Waals surface area contributed by atoms with E-state index in [9.17, 15) is 9.18 Å². The van der Waals surface area contributed by atoms with Gasteiger partial charge in [-0.2, -0.15) is 0 Å². The van der Waals surface area contributed by atoms with Crippen LogP contribution in [0.2, 0.25) is 0 Å². The summed E-state index contributed by atoms with van der Waals surface area (Å²) in [6, 6.07) is 6.68. The number of rotatable bonds is 4.